The number of rotatable bonds is 6. The minimum absolute atomic E-state index is 0.0135. The lowest BCUT2D eigenvalue weighted by Crippen LogP contribution is -2.01. The van der Waals surface area contributed by atoms with Gasteiger partial charge in [0.1, 0.15) is 0 Å². The van der Waals surface area contributed by atoms with Crippen molar-refractivity contribution in [3.05, 3.63) is 91.0 Å². The van der Waals surface area contributed by atoms with Gasteiger partial charge in [0.05, 0.1) is 9.85 Å². The van der Waals surface area contributed by atoms with Crippen LogP contribution in [0.5, 0.6) is 0 Å². The third-order valence-electron chi connectivity index (χ3n) is 3.69. The molecular weight excluding hydrogens is 336 g/mol. The van der Waals surface area contributed by atoms with E-state index < -0.39 is 9.85 Å². The van der Waals surface area contributed by atoms with Gasteiger partial charge in [-0.15, -0.1) is 0 Å². The van der Waals surface area contributed by atoms with Crippen LogP contribution in [0.1, 0.15) is 25.0 Å². The van der Waals surface area contributed by atoms with E-state index in [4.69, 9.17) is 0 Å². The van der Waals surface area contributed by atoms with E-state index >= 15 is 0 Å². The highest BCUT2D eigenvalue weighted by Crippen LogP contribution is 2.18. The predicted molar refractivity (Wildman–Crippen MR) is 98.5 cm³/mol. The summed E-state index contributed by atoms with van der Waals surface area (Å²) >= 11 is 0. The Balaban J connectivity index is 2.17. The average molecular weight is 352 g/mol. The normalized spacial score (nSPS) is 11.9. The van der Waals surface area contributed by atoms with E-state index in [0.29, 0.717) is 22.3 Å². The lowest BCUT2D eigenvalue weighted by atomic mass is 10.0. The summed E-state index contributed by atoms with van der Waals surface area (Å²) in [5.41, 5.74) is 2.30. The molecule has 2 aromatic carbocycles. The number of hydrogen-bond acceptors (Lipinski definition) is 5. The quantitative estimate of drug-likeness (QED) is 0.430. The fourth-order valence-corrected chi connectivity index (χ4v) is 2.33. The number of nitro groups is 2. The van der Waals surface area contributed by atoms with Crippen molar-refractivity contribution in [3.63, 3.8) is 0 Å². The van der Waals surface area contributed by atoms with Crippen molar-refractivity contribution < 1.29 is 14.6 Å². The Hall–Kier alpha value is -3.61. The number of allylic oxidation sites excluding steroid dienone is 2. The first-order valence-corrected chi connectivity index (χ1v) is 7.68. The summed E-state index contributed by atoms with van der Waals surface area (Å²) in [5.74, 6) is -0.179. The Morgan fingerprint density at radius 1 is 0.731 bits per heavy atom. The second-order valence-electron chi connectivity index (χ2n) is 5.68. The number of benzene rings is 2. The van der Waals surface area contributed by atoms with Crippen LogP contribution in [0.4, 0.5) is 11.4 Å². The number of Topliss-reactive ketones (excluding diaryl/α,β-unsaturated/α-hetero) is 1. The summed E-state index contributed by atoms with van der Waals surface area (Å²) < 4.78 is 0. The lowest BCUT2D eigenvalue weighted by Gasteiger charge is -2.03. The van der Waals surface area contributed by atoms with Gasteiger partial charge < -0.3 is 0 Å². The highest BCUT2D eigenvalue weighted by molar-refractivity contribution is 6.12. The van der Waals surface area contributed by atoms with Crippen molar-refractivity contribution in [1.29, 1.82) is 0 Å². The molecule has 0 radical (unpaired) electrons. The van der Waals surface area contributed by atoms with E-state index in [0.717, 1.165) is 0 Å². The van der Waals surface area contributed by atoms with Crippen LogP contribution in [0, 0.1) is 20.2 Å². The largest absolute Gasteiger partial charge is 0.289 e. The zero-order valence-electron chi connectivity index (χ0n) is 14.2. The van der Waals surface area contributed by atoms with E-state index in [2.05, 4.69) is 0 Å². The Morgan fingerprint density at radius 2 is 1.04 bits per heavy atom. The molecule has 0 N–H and O–H groups in total. The molecule has 0 aliphatic rings. The van der Waals surface area contributed by atoms with Gasteiger partial charge in [0.25, 0.3) is 11.4 Å². The number of ketones is 1. The van der Waals surface area contributed by atoms with Gasteiger partial charge >= 0.3 is 0 Å². The van der Waals surface area contributed by atoms with Crippen molar-refractivity contribution >= 4 is 29.3 Å². The van der Waals surface area contributed by atoms with Gasteiger partial charge in [0, 0.05) is 24.3 Å². The molecule has 2 aromatic rings. The maximum absolute atomic E-state index is 12.4. The van der Waals surface area contributed by atoms with E-state index in [1.807, 2.05) is 0 Å². The van der Waals surface area contributed by atoms with Crippen molar-refractivity contribution in [3.8, 4) is 0 Å². The van der Waals surface area contributed by atoms with Gasteiger partial charge in [-0.2, -0.15) is 0 Å². The topological polar surface area (TPSA) is 103 Å². The number of nitro benzene ring substituents is 2. The molecule has 0 spiro atoms. The Labute approximate surface area is 149 Å². The molecule has 132 valence electrons. The van der Waals surface area contributed by atoms with Gasteiger partial charge in [-0.05, 0) is 72.5 Å². The maximum Gasteiger partial charge on any atom is 0.269 e. The summed E-state index contributed by atoms with van der Waals surface area (Å²) in [7, 11) is 0. The molecule has 0 aliphatic carbocycles. The maximum atomic E-state index is 12.4. The van der Waals surface area contributed by atoms with Gasteiger partial charge in [0.2, 0.25) is 0 Å². The van der Waals surface area contributed by atoms with Crippen LogP contribution in [0.2, 0.25) is 0 Å². The number of hydrogen-bond donors (Lipinski definition) is 0. The number of carbonyl (C=O) groups is 1. The fraction of sp³-hybridized carbons (Fsp3) is 0.105. The van der Waals surface area contributed by atoms with E-state index in [-0.39, 0.29) is 17.2 Å². The first-order valence-electron chi connectivity index (χ1n) is 7.68. The molecule has 26 heavy (non-hydrogen) atoms. The predicted octanol–water partition coefficient (Wildman–Crippen LogP) is 4.58. The molecule has 0 saturated carbocycles. The smallest absolute Gasteiger partial charge is 0.269 e. The monoisotopic (exact) mass is 352 g/mol. The van der Waals surface area contributed by atoms with Crippen LogP contribution < -0.4 is 0 Å². The van der Waals surface area contributed by atoms with E-state index in [9.17, 15) is 25.0 Å². The van der Waals surface area contributed by atoms with Crippen LogP contribution in [0.25, 0.3) is 12.2 Å². The standard InChI is InChI=1S/C19H16N2O5/c1-13(11-15-3-7-17(8-4-15)20(23)24)19(22)14(2)12-16-5-9-18(10-6-16)21(25)26/h3-12H,1-2H3. The van der Waals surface area contributed by atoms with Crippen LogP contribution in [-0.2, 0) is 4.79 Å². The molecule has 7 nitrogen and oxygen atoms in total. The third kappa shape index (κ3) is 4.70. The Bertz CT molecular complexity index is 834. The summed E-state index contributed by atoms with van der Waals surface area (Å²) in [6.07, 6.45) is 3.30. The molecule has 2 rings (SSSR count). The third-order valence-corrected chi connectivity index (χ3v) is 3.69. The van der Waals surface area contributed by atoms with Gasteiger partial charge in [-0.1, -0.05) is 0 Å². The fourth-order valence-electron chi connectivity index (χ4n) is 2.33. The van der Waals surface area contributed by atoms with Gasteiger partial charge in [-0.25, -0.2) is 0 Å². The molecule has 0 atom stereocenters. The summed E-state index contributed by atoms with van der Waals surface area (Å²) in [5, 5.41) is 21.3. The molecule has 0 bridgehead atoms. The van der Waals surface area contributed by atoms with Crippen molar-refractivity contribution in [2.45, 2.75) is 13.8 Å². The van der Waals surface area contributed by atoms with E-state index in [1.165, 1.54) is 24.3 Å². The number of nitrogens with zero attached hydrogens (tertiary/aromatic N) is 2. The molecule has 0 amide bonds. The zero-order valence-corrected chi connectivity index (χ0v) is 14.2. The van der Waals surface area contributed by atoms with E-state index in [1.54, 1.807) is 50.3 Å². The molecule has 0 unspecified atom stereocenters. The first kappa shape index (κ1) is 18.7. The Morgan fingerprint density at radius 3 is 1.31 bits per heavy atom. The van der Waals surface area contributed by atoms with Crippen LogP contribution in [0.15, 0.2) is 59.7 Å². The number of carbonyl (C=O) groups excluding carboxylic acids is 1. The zero-order chi connectivity index (χ0) is 19.3. The summed E-state index contributed by atoms with van der Waals surface area (Å²) in [6.45, 7) is 3.33. The van der Waals surface area contributed by atoms with Crippen molar-refractivity contribution in [1.82, 2.24) is 0 Å². The molecule has 0 fully saturated rings. The van der Waals surface area contributed by atoms with Gasteiger partial charge in [-0.3, -0.25) is 25.0 Å². The second kappa shape index (κ2) is 7.98. The molecule has 0 aliphatic heterocycles. The highest BCUT2D eigenvalue weighted by Gasteiger charge is 2.09. The van der Waals surface area contributed by atoms with Crippen LogP contribution >= 0.6 is 0 Å². The van der Waals surface area contributed by atoms with Crippen molar-refractivity contribution in [2.24, 2.45) is 0 Å². The minimum atomic E-state index is -0.484. The molecule has 0 aromatic heterocycles. The molecule has 0 heterocycles. The summed E-state index contributed by atoms with van der Waals surface area (Å²) in [6, 6.07) is 11.8. The molecular formula is C19H16N2O5. The summed E-state index contributed by atoms with van der Waals surface area (Å²) in [4.78, 5) is 32.8. The second-order valence-corrected chi connectivity index (χ2v) is 5.68. The molecule has 0 saturated heterocycles. The first-order chi connectivity index (χ1) is 12.3. The average Bonchev–Trinajstić information content (AvgIpc) is 2.61. The highest BCUT2D eigenvalue weighted by atomic mass is 16.6. The van der Waals surface area contributed by atoms with Crippen LogP contribution in [0.3, 0.4) is 0 Å². The molecule has 7 heteroatoms. The van der Waals surface area contributed by atoms with Crippen molar-refractivity contribution in [2.75, 3.05) is 0 Å². The SMILES string of the molecule is CC(=Cc1ccc([N+](=O)[O-])cc1)C(=O)C(C)=Cc1ccc([N+](=O)[O-])cc1. The number of non-ortho nitro benzene ring substituents is 2. The van der Waals surface area contributed by atoms with Gasteiger partial charge in [0.15, 0.2) is 5.78 Å². The minimum Gasteiger partial charge on any atom is -0.289 e. The Kier molecular flexibility index (Phi) is 5.74. The lowest BCUT2D eigenvalue weighted by molar-refractivity contribution is -0.385. The van der Waals surface area contributed by atoms with Crippen LogP contribution in [-0.4, -0.2) is 15.6 Å².